The molecule has 0 saturated carbocycles. The van der Waals surface area contributed by atoms with E-state index in [1.54, 1.807) is 30.3 Å². The lowest BCUT2D eigenvalue weighted by Gasteiger charge is -2.18. The van der Waals surface area contributed by atoms with E-state index >= 15 is 0 Å². The Bertz CT molecular complexity index is 765. The van der Waals surface area contributed by atoms with E-state index in [2.05, 4.69) is 4.72 Å². The van der Waals surface area contributed by atoms with E-state index < -0.39 is 16.1 Å². The van der Waals surface area contributed by atoms with Gasteiger partial charge in [0.25, 0.3) is 0 Å². The fourth-order valence-electron chi connectivity index (χ4n) is 2.16. The number of nitrogens with one attached hydrogen (secondary N) is 1. The summed E-state index contributed by atoms with van der Waals surface area (Å²) in [5.74, 6) is -0.146. The molecule has 0 bridgehead atoms. The molecule has 1 N–H and O–H groups in total. The highest BCUT2D eigenvalue weighted by atomic mass is 35.5. The Morgan fingerprint density at radius 1 is 1.13 bits per heavy atom. The molecule has 0 aromatic heterocycles. The Hall–Kier alpha value is -1.11. The van der Waals surface area contributed by atoms with Crippen molar-refractivity contribution < 1.29 is 13.2 Å². The molecule has 0 aliphatic rings. The van der Waals surface area contributed by atoms with E-state index in [4.69, 9.17) is 27.9 Å². The highest BCUT2D eigenvalue weighted by Crippen LogP contribution is 2.24. The van der Waals surface area contributed by atoms with Gasteiger partial charge in [-0.3, -0.25) is 0 Å². The first kappa shape index (κ1) is 18.2. The molecule has 2 rings (SSSR count). The summed E-state index contributed by atoms with van der Waals surface area (Å²) in [7, 11) is -2.00. The van der Waals surface area contributed by atoms with Gasteiger partial charge in [-0.25, -0.2) is 13.1 Å². The highest BCUT2D eigenvalue weighted by Gasteiger charge is 2.18. The van der Waals surface area contributed by atoms with Gasteiger partial charge in [0.2, 0.25) is 10.0 Å². The Labute approximate surface area is 146 Å². The van der Waals surface area contributed by atoms with E-state index in [9.17, 15) is 8.42 Å². The third-order valence-corrected chi connectivity index (χ3v) is 5.17. The van der Waals surface area contributed by atoms with Crippen LogP contribution in [0, 0.1) is 0 Å². The Morgan fingerprint density at radius 2 is 1.87 bits per heavy atom. The van der Waals surface area contributed by atoms with E-state index in [0.29, 0.717) is 15.6 Å². The lowest BCUT2D eigenvalue weighted by atomic mass is 10.1. The molecule has 23 heavy (non-hydrogen) atoms. The second-order valence-corrected chi connectivity index (χ2v) is 7.63. The molecule has 2 aromatic rings. The van der Waals surface area contributed by atoms with E-state index in [0.717, 1.165) is 5.56 Å². The Morgan fingerprint density at radius 3 is 2.52 bits per heavy atom. The van der Waals surface area contributed by atoms with Gasteiger partial charge in [-0.15, -0.1) is 0 Å². The van der Waals surface area contributed by atoms with Crippen LogP contribution in [0.15, 0.2) is 48.5 Å². The molecule has 124 valence electrons. The number of sulfonamides is 1. The number of hydrogen-bond donors (Lipinski definition) is 1. The zero-order chi connectivity index (χ0) is 16.9. The number of ether oxygens (including phenoxy) is 1. The number of hydrogen-bond acceptors (Lipinski definition) is 3. The first-order valence-electron chi connectivity index (χ1n) is 6.90. The summed E-state index contributed by atoms with van der Waals surface area (Å²) in [4.78, 5) is 0. The minimum absolute atomic E-state index is 0.100. The molecule has 0 saturated heterocycles. The minimum Gasteiger partial charge on any atom is -0.375 e. The summed E-state index contributed by atoms with van der Waals surface area (Å²) >= 11 is 12.0. The van der Waals surface area contributed by atoms with Gasteiger partial charge in [-0.2, -0.15) is 0 Å². The minimum atomic E-state index is -3.51. The van der Waals surface area contributed by atoms with E-state index in [1.165, 1.54) is 7.11 Å². The quantitative estimate of drug-likeness (QED) is 0.802. The molecule has 0 spiro atoms. The maximum atomic E-state index is 12.2. The molecule has 0 aliphatic heterocycles. The Kier molecular flexibility index (Phi) is 6.44. The van der Waals surface area contributed by atoms with Gasteiger partial charge in [-0.1, -0.05) is 53.5 Å². The predicted molar refractivity (Wildman–Crippen MR) is 93.3 cm³/mol. The smallest absolute Gasteiger partial charge is 0.215 e. The van der Waals surface area contributed by atoms with Crippen molar-refractivity contribution in [3.8, 4) is 0 Å². The van der Waals surface area contributed by atoms with Crippen molar-refractivity contribution >= 4 is 33.2 Å². The van der Waals surface area contributed by atoms with Crippen LogP contribution in [0.1, 0.15) is 17.2 Å². The second-order valence-electron chi connectivity index (χ2n) is 4.98. The lowest BCUT2D eigenvalue weighted by Crippen LogP contribution is -2.30. The van der Waals surface area contributed by atoms with Gasteiger partial charge in [0, 0.05) is 29.3 Å². The van der Waals surface area contributed by atoms with Crippen molar-refractivity contribution in [1.82, 2.24) is 4.72 Å². The molecule has 0 radical (unpaired) electrons. The average Bonchev–Trinajstić information content (AvgIpc) is 2.49. The molecule has 4 nitrogen and oxygen atoms in total. The van der Waals surface area contributed by atoms with Gasteiger partial charge < -0.3 is 4.74 Å². The highest BCUT2D eigenvalue weighted by molar-refractivity contribution is 7.88. The summed E-state index contributed by atoms with van der Waals surface area (Å²) in [6, 6.07) is 13.9. The summed E-state index contributed by atoms with van der Waals surface area (Å²) in [6.07, 6.45) is -0.460. The van der Waals surface area contributed by atoms with Gasteiger partial charge >= 0.3 is 0 Å². The number of methoxy groups -OCH3 is 1. The first-order valence-corrected chi connectivity index (χ1v) is 9.31. The number of benzene rings is 2. The molecule has 1 unspecified atom stereocenters. The van der Waals surface area contributed by atoms with Gasteiger partial charge in [0.15, 0.2) is 0 Å². The van der Waals surface area contributed by atoms with Crippen LogP contribution in [0.2, 0.25) is 10.0 Å². The molecule has 7 heteroatoms. The lowest BCUT2D eigenvalue weighted by molar-refractivity contribution is 0.107. The van der Waals surface area contributed by atoms with Gasteiger partial charge in [-0.05, 0) is 23.8 Å². The van der Waals surface area contributed by atoms with Crippen LogP contribution < -0.4 is 4.72 Å². The van der Waals surface area contributed by atoms with E-state index in [-0.39, 0.29) is 12.3 Å². The predicted octanol–water partition coefficient (Wildman–Crippen LogP) is 3.80. The monoisotopic (exact) mass is 373 g/mol. The number of halogens is 2. The first-order chi connectivity index (χ1) is 10.9. The van der Waals surface area contributed by atoms with Gasteiger partial charge in [0.05, 0.1) is 11.9 Å². The van der Waals surface area contributed by atoms with Gasteiger partial charge in [0.1, 0.15) is 0 Å². The number of rotatable bonds is 7. The fraction of sp³-hybridized carbons (Fsp3) is 0.250. The third-order valence-electron chi connectivity index (χ3n) is 3.27. The van der Waals surface area contributed by atoms with Crippen molar-refractivity contribution in [3.63, 3.8) is 0 Å². The standard InChI is InChI=1S/C16H17Cl2NO3S/c1-22-16(14-7-2-3-8-15(14)18)10-19-23(20,21)11-12-5-4-6-13(17)9-12/h2-9,16,19H,10-11H2,1H3. The zero-order valence-electron chi connectivity index (χ0n) is 12.5. The molecule has 0 heterocycles. The fourth-order valence-corrected chi connectivity index (χ4v) is 3.75. The topological polar surface area (TPSA) is 55.4 Å². The van der Waals surface area contributed by atoms with Crippen LogP contribution in [0.4, 0.5) is 0 Å². The van der Waals surface area contributed by atoms with Crippen LogP contribution in [-0.2, 0) is 20.5 Å². The van der Waals surface area contributed by atoms with Crippen LogP contribution in [-0.4, -0.2) is 22.1 Å². The normalized spacial score (nSPS) is 13.0. The van der Waals surface area contributed by atoms with Crippen LogP contribution >= 0.6 is 23.2 Å². The second kappa shape index (κ2) is 8.13. The molecule has 0 fully saturated rings. The molecule has 0 aliphatic carbocycles. The summed E-state index contributed by atoms with van der Waals surface area (Å²) in [5, 5.41) is 1.04. The molecular formula is C16H17Cl2NO3S. The third kappa shape index (κ3) is 5.48. The summed E-state index contributed by atoms with van der Waals surface area (Å²) < 4.78 is 32.3. The van der Waals surface area contributed by atoms with E-state index in [1.807, 2.05) is 18.2 Å². The summed E-state index contributed by atoms with van der Waals surface area (Å²) in [5.41, 5.74) is 1.36. The maximum Gasteiger partial charge on any atom is 0.215 e. The molecular weight excluding hydrogens is 357 g/mol. The summed E-state index contributed by atoms with van der Waals surface area (Å²) in [6.45, 7) is 0.100. The SMILES string of the molecule is COC(CNS(=O)(=O)Cc1cccc(Cl)c1)c1ccccc1Cl. The molecule has 1 atom stereocenters. The van der Waals surface area contributed by atoms with Crippen LogP contribution in [0.5, 0.6) is 0 Å². The van der Waals surface area contributed by atoms with Crippen LogP contribution in [0.3, 0.4) is 0 Å². The van der Waals surface area contributed by atoms with Crippen molar-refractivity contribution in [2.24, 2.45) is 0 Å². The maximum absolute atomic E-state index is 12.2. The Balaban J connectivity index is 2.04. The van der Waals surface area contributed by atoms with Crippen LogP contribution in [0.25, 0.3) is 0 Å². The molecule has 2 aromatic carbocycles. The average molecular weight is 374 g/mol. The van der Waals surface area contributed by atoms with Crippen molar-refractivity contribution in [3.05, 3.63) is 69.7 Å². The largest absolute Gasteiger partial charge is 0.375 e. The van der Waals surface area contributed by atoms with Crippen molar-refractivity contribution in [1.29, 1.82) is 0 Å². The van der Waals surface area contributed by atoms with Crippen molar-refractivity contribution in [2.75, 3.05) is 13.7 Å². The molecule has 0 amide bonds. The zero-order valence-corrected chi connectivity index (χ0v) is 14.8. The van der Waals surface area contributed by atoms with Crippen molar-refractivity contribution in [2.45, 2.75) is 11.9 Å².